The zero-order valence-electron chi connectivity index (χ0n) is 11.7. The molecule has 0 aliphatic carbocycles. The number of aromatic nitrogens is 1. The highest BCUT2D eigenvalue weighted by molar-refractivity contribution is 5.24. The number of aromatic amines is 1. The van der Waals surface area contributed by atoms with E-state index < -0.39 is 0 Å². The van der Waals surface area contributed by atoms with Crippen molar-refractivity contribution in [2.45, 2.75) is 33.5 Å². The lowest BCUT2D eigenvalue weighted by Gasteiger charge is -2.08. The zero-order valence-corrected chi connectivity index (χ0v) is 11.7. The lowest BCUT2D eigenvalue weighted by Crippen LogP contribution is -2.16. The lowest BCUT2D eigenvalue weighted by atomic mass is 10.1. The Hall–Kier alpha value is -1.94. The first-order valence-electron chi connectivity index (χ1n) is 6.64. The fraction of sp³-hybridized carbons (Fsp3) is 0.312. The lowest BCUT2D eigenvalue weighted by molar-refractivity contribution is 0.104. The van der Waals surface area contributed by atoms with Crippen molar-refractivity contribution in [2.24, 2.45) is 0 Å². The van der Waals surface area contributed by atoms with E-state index in [2.05, 4.69) is 4.98 Å². The van der Waals surface area contributed by atoms with Crippen LogP contribution < -0.4 is 5.56 Å². The van der Waals surface area contributed by atoms with E-state index in [1.54, 1.807) is 18.2 Å². The summed E-state index contributed by atoms with van der Waals surface area (Å²) < 4.78 is 18.9. The molecule has 1 N–H and O–H groups in total. The molecule has 4 heteroatoms. The maximum Gasteiger partial charge on any atom is 0.253 e. The van der Waals surface area contributed by atoms with E-state index >= 15 is 0 Å². The minimum absolute atomic E-state index is 0.145. The van der Waals surface area contributed by atoms with Crippen LogP contribution in [0.15, 0.2) is 35.1 Å². The predicted molar refractivity (Wildman–Crippen MR) is 76.1 cm³/mol. The zero-order chi connectivity index (χ0) is 14.5. The second kappa shape index (κ2) is 6.48. The van der Waals surface area contributed by atoms with Gasteiger partial charge in [-0.15, -0.1) is 0 Å². The summed E-state index contributed by atoms with van der Waals surface area (Å²) in [5.74, 6) is -0.292. The molecule has 0 aliphatic heterocycles. The van der Waals surface area contributed by atoms with Gasteiger partial charge < -0.3 is 9.72 Å². The number of rotatable bonds is 5. The summed E-state index contributed by atoms with van der Waals surface area (Å²) in [6.07, 6.45) is 0.850. The molecule has 0 bridgehead atoms. The number of hydrogen-bond acceptors (Lipinski definition) is 2. The van der Waals surface area contributed by atoms with Crippen LogP contribution in [0.5, 0.6) is 0 Å². The summed E-state index contributed by atoms with van der Waals surface area (Å²) in [6, 6.07) is 8.32. The quantitative estimate of drug-likeness (QED) is 0.911. The number of halogens is 1. The van der Waals surface area contributed by atoms with Crippen molar-refractivity contribution in [2.75, 3.05) is 0 Å². The van der Waals surface area contributed by atoms with Gasteiger partial charge in [0.25, 0.3) is 5.56 Å². The summed E-state index contributed by atoms with van der Waals surface area (Å²) >= 11 is 0. The monoisotopic (exact) mass is 275 g/mol. The first-order chi connectivity index (χ1) is 9.61. The van der Waals surface area contributed by atoms with Gasteiger partial charge in [-0.25, -0.2) is 4.39 Å². The summed E-state index contributed by atoms with van der Waals surface area (Å²) in [5, 5.41) is 0. The largest absolute Gasteiger partial charge is 0.372 e. The number of nitrogens with one attached hydrogen (secondary N) is 1. The third-order valence-corrected chi connectivity index (χ3v) is 3.28. The van der Waals surface area contributed by atoms with Gasteiger partial charge >= 0.3 is 0 Å². The van der Waals surface area contributed by atoms with Crippen molar-refractivity contribution < 1.29 is 9.13 Å². The van der Waals surface area contributed by atoms with E-state index in [0.29, 0.717) is 11.1 Å². The molecule has 0 saturated carbocycles. The van der Waals surface area contributed by atoms with Crippen LogP contribution in [0.3, 0.4) is 0 Å². The normalized spacial score (nSPS) is 10.8. The molecule has 2 rings (SSSR count). The number of pyridine rings is 1. The van der Waals surface area contributed by atoms with Gasteiger partial charge in [0.15, 0.2) is 0 Å². The Balaban J connectivity index is 2.05. The van der Waals surface area contributed by atoms with Crippen LogP contribution in [0.4, 0.5) is 4.39 Å². The number of benzene rings is 1. The number of ether oxygens (including phenoxy) is 1. The summed E-state index contributed by atoms with van der Waals surface area (Å²) in [4.78, 5) is 14.6. The molecule has 0 atom stereocenters. The first-order valence-corrected chi connectivity index (χ1v) is 6.64. The third kappa shape index (κ3) is 3.33. The van der Waals surface area contributed by atoms with Gasteiger partial charge in [-0.1, -0.05) is 25.1 Å². The first kappa shape index (κ1) is 14.5. The molecule has 0 unspecified atom stereocenters. The number of H-pyrrole nitrogens is 1. The Kier molecular flexibility index (Phi) is 4.69. The van der Waals surface area contributed by atoms with Gasteiger partial charge in [0.05, 0.1) is 13.2 Å². The average Bonchev–Trinajstić information content (AvgIpc) is 2.43. The average molecular weight is 275 g/mol. The van der Waals surface area contributed by atoms with Crippen LogP contribution >= 0.6 is 0 Å². The molecular formula is C16H18FNO2. The van der Waals surface area contributed by atoms with Crippen molar-refractivity contribution in [3.63, 3.8) is 0 Å². The van der Waals surface area contributed by atoms with Gasteiger partial charge in [0.1, 0.15) is 5.82 Å². The molecule has 20 heavy (non-hydrogen) atoms. The van der Waals surface area contributed by atoms with Crippen molar-refractivity contribution >= 4 is 0 Å². The second-order valence-electron chi connectivity index (χ2n) is 4.71. The van der Waals surface area contributed by atoms with E-state index in [4.69, 9.17) is 4.74 Å². The Bertz CT molecular complexity index is 649. The second-order valence-corrected chi connectivity index (χ2v) is 4.71. The highest BCUT2D eigenvalue weighted by Gasteiger charge is 2.06. The number of hydrogen-bond donors (Lipinski definition) is 1. The Morgan fingerprint density at radius 3 is 2.55 bits per heavy atom. The summed E-state index contributed by atoms with van der Waals surface area (Å²) in [6.45, 7) is 4.24. The van der Waals surface area contributed by atoms with E-state index in [1.165, 1.54) is 6.07 Å². The maximum absolute atomic E-state index is 13.4. The topological polar surface area (TPSA) is 42.1 Å². The highest BCUT2D eigenvalue weighted by Crippen LogP contribution is 2.10. The Morgan fingerprint density at radius 2 is 1.85 bits per heavy atom. The van der Waals surface area contributed by atoms with Gasteiger partial charge in [-0.2, -0.15) is 0 Å². The van der Waals surface area contributed by atoms with Gasteiger partial charge in [-0.05, 0) is 31.0 Å². The van der Waals surface area contributed by atoms with Gasteiger partial charge in [0.2, 0.25) is 0 Å². The molecule has 0 radical (unpaired) electrons. The van der Waals surface area contributed by atoms with Crippen LogP contribution in [0.2, 0.25) is 0 Å². The van der Waals surface area contributed by atoms with E-state index in [0.717, 1.165) is 17.7 Å². The minimum atomic E-state index is -0.292. The number of aryl methyl sites for hydroxylation is 2. The molecule has 1 heterocycles. The highest BCUT2D eigenvalue weighted by atomic mass is 19.1. The van der Waals surface area contributed by atoms with Gasteiger partial charge in [-0.3, -0.25) is 4.79 Å². The van der Waals surface area contributed by atoms with Crippen molar-refractivity contribution in [3.05, 3.63) is 68.9 Å². The van der Waals surface area contributed by atoms with E-state index in [1.807, 2.05) is 19.9 Å². The Labute approximate surface area is 117 Å². The predicted octanol–water partition coefficient (Wildman–Crippen LogP) is 3.10. The third-order valence-electron chi connectivity index (χ3n) is 3.28. The molecule has 0 saturated heterocycles. The van der Waals surface area contributed by atoms with E-state index in [-0.39, 0.29) is 24.6 Å². The van der Waals surface area contributed by atoms with Crippen LogP contribution in [-0.4, -0.2) is 4.98 Å². The van der Waals surface area contributed by atoms with Crippen LogP contribution in [0.1, 0.15) is 29.3 Å². The van der Waals surface area contributed by atoms with Crippen LogP contribution in [0.25, 0.3) is 0 Å². The minimum Gasteiger partial charge on any atom is -0.372 e. The molecule has 1 aromatic heterocycles. The smallest absolute Gasteiger partial charge is 0.253 e. The molecule has 0 amide bonds. The van der Waals surface area contributed by atoms with Crippen molar-refractivity contribution in [3.8, 4) is 0 Å². The van der Waals surface area contributed by atoms with Crippen LogP contribution in [0, 0.1) is 12.7 Å². The fourth-order valence-electron chi connectivity index (χ4n) is 2.08. The molecule has 0 aliphatic rings. The molecule has 2 aromatic rings. The molecule has 3 nitrogen and oxygen atoms in total. The molecule has 0 spiro atoms. The Morgan fingerprint density at radius 1 is 1.15 bits per heavy atom. The standard InChI is InChI=1S/C16H18FNO2/c1-3-12-8-14(16(19)18-11(12)2)10-20-9-13-6-4-5-7-15(13)17/h4-8H,3,9-10H2,1-2H3,(H,18,19). The van der Waals surface area contributed by atoms with Crippen molar-refractivity contribution in [1.82, 2.24) is 4.98 Å². The molecule has 106 valence electrons. The summed E-state index contributed by atoms with van der Waals surface area (Å²) in [5.41, 5.74) is 2.90. The van der Waals surface area contributed by atoms with E-state index in [9.17, 15) is 9.18 Å². The van der Waals surface area contributed by atoms with Crippen LogP contribution in [-0.2, 0) is 24.4 Å². The summed E-state index contributed by atoms with van der Waals surface area (Å²) in [7, 11) is 0. The SMILES string of the molecule is CCc1cc(COCc2ccccc2F)c(=O)[nH]c1C. The molecule has 1 aromatic carbocycles. The molecular weight excluding hydrogens is 257 g/mol. The molecule has 0 fully saturated rings. The van der Waals surface area contributed by atoms with Gasteiger partial charge in [0, 0.05) is 16.8 Å². The maximum atomic E-state index is 13.4. The fourth-order valence-corrected chi connectivity index (χ4v) is 2.08. The van der Waals surface area contributed by atoms with Crippen molar-refractivity contribution in [1.29, 1.82) is 0 Å².